The summed E-state index contributed by atoms with van der Waals surface area (Å²) >= 11 is 0. The Morgan fingerprint density at radius 3 is 3.12 bits per heavy atom. The summed E-state index contributed by atoms with van der Waals surface area (Å²) in [5, 5.41) is 0. The second kappa shape index (κ2) is 4.34. The molecule has 0 radical (unpaired) electrons. The summed E-state index contributed by atoms with van der Waals surface area (Å²) in [6, 6.07) is 7.28. The Labute approximate surface area is 104 Å². The van der Waals surface area contributed by atoms with E-state index in [0.717, 1.165) is 17.6 Å². The zero-order chi connectivity index (χ0) is 11.8. The molecule has 2 N–H and O–H groups in total. The van der Waals surface area contributed by atoms with Gasteiger partial charge >= 0.3 is 0 Å². The largest absolute Gasteiger partial charge is 0.399 e. The Hall–Kier alpha value is -1.02. The highest BCUT2D eigenvalue weighted by Gasteiger charge is 2.38. The smallest absolute Gasteiger partial charge is 0.0316 e. The first-order valence-electron chi connectivity index (χ1n) is 6.92. The minimum Gasteiger partial charge on any atom is -0.399 e. The minimum absolute atomic E-state index is 0.750. The number of likely N-dealkylation sites (tertiary alicyclic amines) is 1. The van der Waals surface area contributed by atoms with Crippen LogP contribution >= 0.6 is 0 Å². The minimum atomic E-state index is 0.750. The van der Waals surface area contributed by atoms with Crippen molar-refractivity contribution in [3.8, 4) is 0 Å². The van der Waals surface area contributed by atoms with Gasteiger partial charge in [-0.25, -0.2) is 0 Å². The van der Waals surface area contributed by atoms with Crippen molar-refractivity contribution in [2.45, 2.75) is 44.6 Å². The van der Waals surface area contributed by atoms with Gasteiger partial charge < -0.3 is 5.73 Å². The van der Waals surface area contributed by atoms with Gasteiger partial charge in [0.15, 0.2) is 0 Å². The van der Waals surface area contributed by atoms with E-state index in [0.29, 0.717) is 0 Å². The molecule has 3 rings (SSSR count). The van der Waals surface area contributed by atoms with Gasteiger partial charge in [0.2, 0.25) is 0 Å². The van der Waals surface area contributed by atoms with E-state index in [1.54, 1.807) is 5.56 Å². The maximum Gasteiger partial charge on any atom is 0.0316 e. The molecule has 1 saturated heterocycles. The Balaban J connectivity index is 1.89. The molecule has 0 spiro atoms. The van der Waals surface area contributed by atoms with Gasteiger partial charge in [-0.05, 0) is 62.0 Å². The molecule has 2 nitrogen and oxygen atoms in total. The number of piperidine rings is 1. The van der Waals surface area contributed by atoms with Crippen molar-refractivity contribution >= 4 is 5.69 Å². The predicted molar refractivity (Wildman–Crippen MR) is 72.2 cm³/mol. The maximum absolute atomic E-state index is 5.90. The molecule has 0 aromatic heterocycles. The Kier molecular flexibility index (Phi) is 2.83. The van der Waals surface area contributed by atoms with Crippen LogP contribution in [0.15, 0.2) is 18.2 Å². The molecule has 1 aliphatic heterocycles. The van der Waals surface area contributed by atoms with Crippen LogP contribution in [0.3, 0.4) is 0 Å². The summed E-state index contributed by atoms with van der Waals surface area (Å²) in [6.07, 6.45) is 5.19. The Morgan fingerprint density at radius 2 is 2.29 bits per heavy atom. The second-order valence-corrected chi connectivity index (χ2v) is 5.51. The van der Waals surface area contributed by atoms with Crippen LogP contribution in [-0.4, -0.2) is 24.0 Å². The summed E-state index contributed by atoms with van der Waals surface area (Å²) in [6.45, 7) is 4.83. The van der Waals surface area contributed by atoms with Crippen molar-refractivity contribution in [3.63, 3.8) is 0 Å². The van der Waals surface area contributed by atoms with Gasteiger partial charge in [0.05, 0.1) is 0 Å². The van der Waals surface area contributed by atoms with Crippen molar-refractivity contribution < 1.29 is 0 Å². The van der Waals surface area contributed by atoms with Crippen LogP contribution in [0.25, 0.3) is 0 Å². The number of rotatable bonds is 2. The van der Waals surface area contributed by atoms with Crippen molar-refractivity contribution in [3.05, 3.63) is 29.3 Å². The van der Waals surface area contributed by atoms with Crippen LogP contribution < -0.4 is 5.73 Å². The summed E-state index contributed by atoms with van der Waals surface area (Å²) in [5.41, 5.74) is 9.90. The number of fused-ring (bicyclic) bond motifs is 3. The predicted octanol–water partition coefficient (Wildman–Crippen LogP) is 2.78. The average Bonchev–Trinajstić information content (AvgIpc) is 2.68. The summed E-state index contributed by atoms with van der Waals surface area (Å²) in [5.74, 6) is 0.769. The molecule has 0 amide bonds. The van der Waals surface area contributed by atoms with E-state index in [4.69, 9.17) is 5.73 Å². The quantitative estimate of drug-likeness (QED) is 0.792. The molecule has 0 unspecified atom stereocenters. The van der Waals surface area contributed by atoms with E-state index in [1.807, 2.05) is 0 Å². The first-order chi connectivity index (χ1) is 8.29. The standard InChI is InChI=1S/C15H22N2/c1-2-7-17-8-3-4-14-13-6-5-12(16)9-11(13)10-15(14)17/h5-6,9,14-15H,2-4,7-8,10,16H2,1H3/t14-,15-/m1/s1. The van der Waals surface area contributed by atoms with Gasteiger partial charge in [-0.1, -0.05) is 13.0 Å². The van der Waals surface area contributed by atoms with Gasteiger partial charge in [-0.15, -0.1) is 0 Å². The molecule has 2 atom stereocenters. The average molecular weight is 230 g/mol. The number of nitrogen functional groups attached to an aromatic ring is 1. The molecule has 17 heavy (non-hydrogen) atoms. The molecule has 1 aromatic carbocycles. The molecule has 2 heteroatoms. The third-order valence-electron chi connectivity index (χ3n) is 4.40. The van der Waals surface area contributed by atoms with Crippen molar-refractivity contribution in [1.29, 1.82) is 0 Å². The fourth-order valence-corrected chi connectivity index (χ4v) is 3.72. The van der Waals surface area contributed by atoms with E-state index in [1.165, 1.54) is 44.3 Å². The molecule has 0 saturated carbocycles. The van der Waals surface area contributed by atoms with Gasteiger partial charge in [-0.2, -0.15) is 0 Å². The van der Waals surface area contributed by atoms with Crippen molar-refractivity contribution in [2.24, 2.45) is 0 Å². The molecule has 2 aliphatic rings. The fourth-order valence-electron chi connectivity index (χ4n) is 3.72. The molecular weight excluding hydrogens is 208 g/mol. The number of nitrogens with zero attached hydrogens (tertiary/aromatic N) is 1. The summed E-state index contributed by atoms with van der Waals surface area (Å²) in [7, 11) is 0. The second-order valence-electron chi connectivity index (χ2n) is 5.51. The number of nitrogens with two attached hydrogens (primary N) is 1. The Bertz CT molecular complexity index is 411. The molecule has 1 heterocycles. The third kappa shape index (κ3) is 1.85. The lowest BCUT2D eigenvalue weighted by molar-refractivity contribution is 0.137. The van der Waals surface area contributed by atoms with Gasteiger partial charge in [0.1, 0.15) is 0 Å². The number of hydrogen-bond acceptors (Lipinski definition) is 2. The fraction of sp³-hybridized carbons (Fsp3) is 0.600. The van der Waals surface area contributed by atoms with Crippen LogP contribution in [0, 0.1) is 0 Å². The molecule has 0 bridgehead atoms. The highest BCUT2D eigenvalue weighted by atomic mass is 15.2. The number of hydrogen-bond donors (Lipinski definition) is 1. The van der Waals surface area contributed by atoms with E-state index in [2.05, 4.69) is 30.0 Å². The molecule has 1 aromatic rings. The lowest BCUT2D eigenvalue weighted by atomic mass is 9.88. The van der Waals surface area contributed by atoms with Gasteiger partial charge in [0.25, 0.3) is 0 Å². The van der Waals surface area contributed by atoms with E-state index in [9.17, 15) is 0 Å². The first kappa shape index (κ1) is 11.1. The normalized spacial score (nSPS) is 27.8. The number of benzene rings is 1. The van der Waals surface area contributed by atoms with Crippen LogP contribution in [0.4, 0.5) is 5.69 Å². The van der Waals surface area contributed by atoms with Crippen LogP contribution in [0.5, 0.6) is 0 Å². The lowest BCUT2D eigenvalue weighted by Gasteiger charge is -2.37. The van der Waals surface area contributed by atoms with Crippen molar-refractivity contribution in [2.75, 3.05) is 18.8 Å². The van der Waals surface area contributed by atoms with Crippen LogP contribution in [0.1, 0.15) is 43.2 Å². The van der Waals surface area contributed by atoms with Crippen LogP contribution in [0.2, 0.25) is 0 Å². The molecule has 1 fully saturated rings. The summed E-state index contributed by atoms with van der Waals surface area (Å²) in [4.78, 5) is 2.70. The molecule has 1 aliphatic carbocycles. The number of anilines is 1. The zero-order valence-corrected chi connectivity index (χ0v) is 10.7. The monoisotopic (exact) mass is 230 g/mol. The molecular formula is C15H22N2. The van der Waals surface area contributed by atoms with Crippen LogP contribution in [-0.2, 0) is 6.42 Å². The van der Waals surface area contributed by atoms with E-state index >= 15 is 0 Å². The SMILES string of the molecule is CCCN1CCC[C@@H]2c3ccc(N)cc3C[C@H]21. The molecule has 92 valence electrons. The van der Waals surface area contributed by atoms with Gasteiger partial charge in [-0.3, -0.25) is 4.90 Å². The maximum atomic E-state index is 5.90. The highest BCUT2D eigenvalue weighted by Crippen LogP contribution is 2.42. The highest BCUT2D eigenvalue weighted by molar-refractivity contribution is 5.49. The Morgan fingerprint density at radius 1 is 1.41 bits per heavy atom. The van der Waals surface area contributed by atoms with Gasteiger partial charge in [0, 0.05) is 17.6 Å². The third-order valence-corrected chi connectivity index (χ3v) is 4.40. The van der Waals surface area contributed by atoms with E-state index in [-0.39, 0.29) is 0 Å². The summed E-state index contributed by atoms with van der Waals surface area (Å²) < 4.78 is 0. The zero-order valence-electron chi connectivity index (χ0n) is 10.7. The topological polar surface area (TPSA) is 29.3 Å². The van der Waals surface area contributed by atoms with E-state index < -0.39 is 0 Å². The first-order valence-corrected chi connectivity index (χ1v) is 6.92. The van der Waals surface area contributed by atoms with Crippen molar-refractivity contribution in [1.82, 2.24) is 4.90 Å². The lowest BCUT2D eigenvalue weighted by Crippen LogP contribution is -2.42.